The zero-order chi connectivity index (χ0) is 19.5. The van der Waals surface area contributed by atoms with Crippen LogP contribution in [-0.2, 0) is 20.2 Å². The monoisotopic (exact) mass is 397 g/mol. The van der Waals surface area contributed by atoms with E-state index in [4.69, 9.17) is 4.74 Å². The van der Waals surface area contributed by atoms with E-state index < -0.39 is 27.3 Å². The van der Waals surface area contributed by atoms with Gasteiger partial charge in [-0.05, 0) is 36.8 Å². The number of benzene rings is 1. The second-order valence-electron chi connectivity index (χ2n) is 5.98. The van der Waals surface area contributed by atoms with Gasteiger partial charge in [0.1, 0.15) is 9.96 Å². The summed E-state index contributed by atoms with van der Waals surface area (Å²) < 4.78 is 28.4. The van der Waals surface area contributed by atoms with Crippen molar-refractivity contribution in [1.29, 1.82) is 0 Å². The Bertz CT molecular complexity index is 934. The number of rotatable bonds is 7. The van der Waals surface area contributed by atoms with Crippen LogP contribution in [0.1, 0.15) is 28.6 Å². The second kappa shape index (κ2) is 7.46. The molecule has 0 aliphatic heterocycles. The molecule has 1 aromatic heterocycles. The molecule has 0 saturated heterocycles. The maximum Gasteiger partial charge on any atom is 0.306 e. The van der Waals surface area contributed by atoms with E-state index in [1.165, 1.54) is 19.2 Å². The zero-order valence-corrected chi connectivity index (χ0v) is 16.1. The Morgan fingerprint density at radius 1 is 1.27 bits per heavy atom. The topological polar surface area (TPSA) is 110 Å². The minimum Gasteiger partial charge on any atom is -0.497 e. The third-order valence-corrected chi connectivity index (χ3v) is 6.68. The summed E-state index contributed by atoms with van der Waals surface area (Å²) in [6.45, 7) is 1.60. The van der Waals surface area contributed by atoms with Gasteiger partial charge in [0, 0.05) is 6.26 Å². The van der Waals surface area contributed by atoms with Crippen molar-refractivity contribution in [3.05, 3.63) is 46.8 Å². The molecule has 9 heteroatoms. The second-order valence-corrected chi connectivity index (χ2v) is 9.31. The molecule has 0 aliphatic rings. The van der Waals surface area contributed by atoms with Crippen molar-refractivity contribution in [2.45, 2.75) is 23.1 Å². The van der Waals surface area contributed by atoms with E-state index in [0.29, 0.717) is 11.3 Å². The molecule has 26 heavy (non-hydrogen) atoms. The van der Waals surface area contributed by atoms with E-state index in [1.54, 1.807) is 31.2 Å². The van der Waals surface area contributed by atoms with Crippen molar-refractivity contribution >= 4 is 33.1 Å². The standard InChI is InChI=1S/C17H19NO6S2/c1-17(10-14(19)20,11-5-4-6-12(9-11)24-2)18-16(21)13-7-8-15(25-13)26(3,22)23/h4-9H,10H2,1-3H3,(H,18,21)(H,19,20). The van der Waals surface area contributed by atoms with Crippen LogP contribution in [0.3, 0.4) is 0 Å². The Morgan fingerprint density at radius 2 is 1.96 bits per heavy atom. The van der Waals surface area contributed by atoms with E-state index >= 15 is 0 Å². The number of thiophene rings is 1. The van der Waals surface area contributed by atoms with E-state index in [-0.39, 0.29) is 15.5 Å². The predicted molar refractivity (Wildman–Crippen MR) is 97.5 cm³/mol. The van der Waals surface area contributed by atoms with Crippen LogP contribution in [0.25, 0.3) is 0 Å². The third kappa shape index (κ3) is 4.61. The van der Waals surface area contributed by atoms with Gasteiger partial charge in [0.2, 0.25) is 0 Å². The average Bonchev–Trinajstić information content (AvgIpc) is 3.04. The van der Waals surface area contributed by atoms with Gasteiger partial charge in [0.25, 0.3) is 5.91 Å². The normalized spacial score (nSPS) is 13.7. The molecule has 0 aliphatic carbocycles. The number of carbonyl (C=O) groups excluding carboxylic acids is 1. The largest absolute Gasteiger partial charge is 0.497 e. The number of carboxylic acid groups (broad SMARTS) is 1. The highest BCUT2D eigenvalue weighted by Gasteiger charge is 2.33. The van der Waals surface area contributed by atoms with Crippen molar-refractivity contribution < 1.29 is 27.9 Å². The van der Waals surface area contributed by atoms with Crippen LogP contribution >= 0.6 is 11.3 Å². The number of ether oxygens (including phenoxy) is 1. The van der Waals surface area contributed by atoms with E-state index in [1.807, 2.05) is 0 Å². The van der Waals surface area contributed by atoms with Crippen LogP contribution in [0.15, 0.2) is 40.6 Å². The van der Waals surface area contributed by atoms with Gasteiger partial charge in [-0.2, -0.15) is 0 Å². The Morgan fingerprint density at radius 3 is 2.50 bits per heavy atom. The minimum absolute atomic E-state index is 0.0731. The molecule has 2 aromatic rings. The van der Waals surface area contributed by atoms with Gasteiger partial charge in [-0.1, -0.05) is 12.1 Å². The highest BCUT2D eigenvalue weighted by molar-refractivity contribution is 7.92. The molecule has 1 amide bonds. The van der Waals surface area contributed by atoms with Crippen molar-refractivity contribution in [2.24, 2.45) is 0 Å². The SMILES string of the molecule is COc1cccc(C(C)(CC(=O)O)NC(=O)c2ccc(S(C)(=O)=O)s2)c1. The molecule has 0 bridgehead atoms. The lowest BCUT2D eigenvalue weighted by Crippen LogP contribution is -2.44. The summed E-state index contributed by atoms with van der Waals surface area (Å²) in [4.78, 5) is 24.1. The summed E-state index contributed by atoms with van der Waals surface area (Å²) >= 11 is 0.838. The molecule has 2 N–H and O–H groups in total. The van der Waals surface area contributed by atoms with Gasteiger partial charge in [0.05, 0.1) is 23.9 Å². The Kier molecular flexibility index (Phi) is 5.72. The van der Waals surface area contributed by atoms with Gasteiger partial charge in [0.15, 0.2) is 9.84 Å². The fourth-order valence-electron chi connectivity index (χ4n) is 2.44. The van der Waals surface area contributed by atoms with Gasteiger partial charge in [-0.3, -0.25) is 9.59 Å². The number of aliphatic carboxylic acids is 1. The number of carboxylic acids is 1. The number of hydrogen-bond donors (Lipinski definition) is 2. The lowest BCUT2D eigenvalue weighted by atomic mass is 9.88. The van der Waals surface area contributed by atoms with Crippen molar-refractivity contribution in [1.82, 2.24) is 5.32 Å². The first kappa shape index (κ1) is 19.9. The van der Waals surface area contributed by atoms with Crippen LogP contribution in [0, 0.1) is 0 Å². The summed E-state index contributed by atoms with van der Waals surface area (Å²) in [6.07, 6.45) is 0.710. The Balaban J connectivity index is 2.36. The van der Waals surface area contributed by atoms with Crippen molar-refractivity contribution in [3.8, 4) is 5.75 Å². The highest BCUT2D eigenvalue weighted by atomic mass is 32.2. The Labute approximate surface area is 155 Å². The number of amides is 1. The molecule has 1 atom stereocenters. The quantitative estimate of drug-likeness (QED) is 0.742. The number of hydrogen-bond acceptors (Lipinski definition) is 6. The predicted octanol–water partition coefficient (Wildman–Crippen LogP) is 2.28. The lowest BCUT2D eigenvalue weighted by Gasteiger charge is -2.30. The van der Waals surface area contributed by atoms with Crippen LogP contribution in [0.2, 0.25) is 0 Å². The van der Waals surface area contributed by atoms with Gasteiger partial charge < -0.3 is 15.2 Å². The first-order valence-corrected chi connectivity index (χ1v) is 10.2. The summed E-state index contributed by atoms with van der Waals surface area (Å²) in [5, 5.41) is 12.0. The van der Waals surface area contributed by atoms with Crippen molar-refractivity contribution in [2.75, 3.05) is 13.4 Å². The number of nitrogens with one attached hydrogen (secondary N) is 1. The van der Waals surface area contributed by atoms with Crippen LogP contribution < -0.4 is 10.1 Å². The maximum atomic E-state index is 12.6. The van der Waals surface area contributed by atoms with E-state index in [9.17, 15) is 23.1 Å². The molecule has 1 heterocycles. The van der Waals surface area contributed by atoms with Gasteiger partial charge in [-0.15, -0.1) is 11.3 Å². The average molecular weight is 397 g/mol. The Hall–Kier alpha value is -2.39. The van der Waals surface area contributed by atoms with E-state index in [2.05, 4.69) is 5.32 Å². The number of methoxy groups -OCH3 is 1. The summed E-state index contributed by atoms with van der Waals surface area (Å²) in [5.41, 5.74) is -0.639. The summed E-state index contributed by atoms with van der Waals surface area (Å²) in [5.74, 6) is -1.10. The first-order chi connectivity index (χ1) is 12.0. The summed E-state index contributed by atoms with van der Waals surface area (Å²) in [7, 11) is -1.92. The van der Waals surface area contributed by atoms with Crippen LogP contribution in [0.4, 0.5) is 0 Å². The molecule has 0 saturated carbocycles. The maximum absolute atomic E-state index is 12.6. The lowest BCUT2D eigenvalue weighted by molar-refractivity contribution is -0.138. The molecule has 1 aromatic carbocycles. The molecular formula is C17H19NO6S2. The zero-order valence-electron chi connectivity index (χ0n) is 14.5. The number of carbonyl (C=O) groups is 2. The molecular weight excluding hydrogens is 378 g/mol. The van der Waals surface area contributed by atoms with Crippen molar-refractivity contribution in [3.63, 3.8) is 0 Å². The molecule has 0 spiro atoms. The smallest absolute Gasteiger partial charge is 0.306 e. The summed E-state index contributed by atoms with van der Waals surface area (Å²) in [6, 6.07) is 9.53. The third-order valence-electron chi connectivity index (χ3n) is 3.77. The highest BCUT2D eigenvalue weighted by Crippen LogP contribution is 2.29. The first-order valence-electron chi connectivity index (χ1n) is 7.54. The molecule has 0 fully saturated rings. The number of sulfone groups is 1. The van der Waals surface area contributed by atoms with Gasteiger partial charge >= 0.3 is 5.97 Å². The fourth-order valence-corrected chi connectivity index (χ4v) is 4.26. The molecule has 140 valence electrons. The van der Waals surface area contributed by atoms with Gasteiger partial charge in [-0.25, -0.2) is 8.42 Å². The molecule has 0 radical (unpaired) electrons. The van der Waals surface area contributed by atoms with Crippen LogP contribution in [-0.4, -0.2) is 38.8 Å². The minimum atomic E-state index is -3.41. The van der Waals surface area contributed by atoms with E-state index in [0.717, 1.165) is 17.6 Å². The molecule has 2 rings (SSSR count). The fraction of sp³-hybridized carbons (Fsp3) is 0.294. The molecule has 1 unspecified atom stereocenters. The van der Waals surface area contributed by atoms with Crippen LogP contribution in [0.5, 0.6) is 5.75 Å². The molecule has 7 nitrogen and oxygen atoms in total.